The van der Waals surface area contributed by atoms with Crippen LogP contribution in [0.3, 0.4) is 0 Å². The molecule has 1 aromatic rings. The van der Waals surface area contributed by atoms with Crippen LogP contribution in [0.2, 0.25) is 0 Å². The standard InChI is InChI=1S/C18H22O5/c1-3-22-17(20)16(18(21)23-4-2)13-9-10-14-12(11-13)7-5-6-8-15(14)19/h9-11,16H,3-8H2,1-2H3. The summed E-state index contributed by atoms with van der Waals surface area (Å²) < 4.78 is 10.0. The van der Waals surface area contributed by atoms with Crippen LogP contribution in [0.15, 0.2) is 18.2 Å². The highest BCUT2D eigenvalue weighted by molar-refractivity contribution is 6.02. The van der Waals surface area contributed by atoms with Gasteiger partial charge in [0.05, 0.1) is 13.2 Å². The number of aryl methyl sites for hydroxylation is 1. The SMILES string of the molecule is CCOC(=O)C(C(=O)OCC)c1ccc2c(c1)CCCCC2=O. The molecule has 0 spiro atoms. The Morgan fingerprint density at radius 1 is 1.04 bits per heavy atom. The van der Waals surface area contributed by atoms with Gasteiger partial charge in [0.1, 0.15) is 0 Å². The molecule has 2 rings (SSSR count). The second-order valence-corrected chi connectivity index (χ2v) is 5.48. The summed E-state index contributed by atoms with van der Waals surface area (Å²) in [5.74, 6) is -2.22. The van der Waals surface area contributed by atoms with Crippen LogP contribution < -0.4 is 0 Å². The smallest absolute Gasteiger partial charge is 0.324 e. The van der Waals surface area contributed by atoms with Gasteiger partial charge in [-0.2, -0.15) is 0 Å². The summed E-state index contributed by atoms with van der Waals surface area (Å²) in [6.45, 7) is 3.77. The lowest BCUT2D eigenvalue weighted by molar-refractivity contribution is -0.156. The molecule has 5 heteroatoms. The largest absolute Gasteiger partial charge is 0.465 e. The lowest BCUT2D eigenvalue weighted by Crippen LogP contribution is -2.26. The Bertz CT molecular complexity index is 587. The van der Waals surface area contributed by atoms with Crippen LogP contribution in [0.25, 0.3) is 0 Å². The predicted octanol–water partition coefficient (Wildman–Crippen LogP) is 2.81. The van der Waals surface area contributed by atoms with E-state index in [4.69, 9.17) is 9.47 Å². The van der Waals surface area contributed by atoms with Gasteiger partial charge in [0, 0.05) is 12.0 Å². The van der Waals surface area contributed by atoms with Crippen LogP contribution in [-0.2, 0) is 25.5 Å². The number of hydrogen-bond donors (Lipinski definition) is 0. The minimum absolute atomic E-state index is 0.118. The zero-order chi connectivity index (χ0) is 16.8. The highest BCUT2D eigenvalue weighted by Gasteiger charge is 2.32. The van der Waals surface area contributed by atoms with Crippen molar-refractivity contribution in [1.29, 1.82) is 0 Å². The average Bonchev–Trinajstić information content (AvgIpc) is 2.70. The third-order valence-electron chi connectivity index (χ3n) is 3.91. The van der Waals surface area contributed by atoms with Crippen molar-refractivity contribution in [2.45, 2.75) is 45.4 Å². The van der Waals surface area contributed by atoms with E-state index in [-0.39, 0.29) is 19.0 Å². The van der Waals surface area contributed by atoms with Crippen LogP contribution >= 0.6 is 0 Å². The lowest BCUT2D eigenvalue weighted by atomic mass is 9.92. The fraction of sp³-hybridized carbons (Fsp3) is 0.500. The van der Waals surface area contributed by atoms with E-state index >= 15 is 0 Å². The summed E-state index contributed by atoms with van der Waals surface area (Å²) in [7, 11) is 0. The Labute approximate surface area is 136 Å². The van der Waals surface area contributed by atoms with E-state index in [2.05, 4.69) is 0 Å². The third kappa shape index (κ3) is 3.97. The predicted molar refractivity (Wildman–Crippen MR) is 84.3 cm³/mol. The molecule has 124 valence electrons. The molecule has 1 aliphatic carbocycles. The monoisotopic (exact) mass is 318 g/mol. The molecule has 0 aliphatic heterocycles. The second kappa shape index (κ2) is 7.90. The van der Waals surface area contributed by atoms with Crippen LogP contribution in [0.1, 0.15) is 60.5 Å². The fourth-order valence-corrected chi connectivity index (χ4v) is 2.83. The molecule has 0 radical (unpaired) electrons. The van der Waals surface area contributed by atoms with Crippen molar-refractivity contribution in [2.75, 3.05) is 13.2 Å². The van der Waals surface area contributed by atoms with E-state index in [1.54, 1.807) is 32.0 Å². The molecule has 1 aliphatic rings. The first-order valence-electron chi connectivity index (χ1n) is 8.07. The van der Waals surface area contributed by atoms with E-state index in [9.17, 15) is 14.4 Å². The summed E-state index contributed by atoms with van der Waals surface area (Å²) in [5, 5.41) is 0. The van der Waals surface area contributed by atoms with Crippen molar-refractivity contribution < 1.29 is 23.9 Å². The Balaban J connectivity index is 2.38. The van der Waals surface area contributed by atoms with Crippen molar-refractivity contribution in [2.24, 2.45) is 0 Å². The Morgan fingerprint density at radius 3 is 2.26 bits per heavy atom. The maximum Gasteiger partial charge on any atom is 0.324 e. The number of ketones is 1. The van der Waals surface area contributed by atoms with Crippen LogP contribution in [0, 0.1) is 0 Å². The van der Waals surface area contributed by atoms with E-state index < -0.39 is 17.9 Å². The van der Waals surface area contributed by atoms with Crippen molar-refractivity contribution in [1.82, 2.24) is 0 Å². The Hall–Kier alpha value is -2.17. The number of esters is 2. The first kappa shape index (κ1) is 17.2. The number of fused-ring (bicyclic) bond motifs is 1. The maximum absolute atomic E-state index is 12.2. The van der Waals surface area contributed by atoms with Gasteiger partial charge in [0.15, 0.2) is 11.7 Å². The zero-order valence-corrected chi connectivity index (χ0v) is 13.6. The van der Waals surface area contributed by atoms with Crippen molar-refractivity contribution in [3.05, 3.63) is 34.9 Å². The molecule has 1 aromatic carbocycles. The number of carbonyl (C=O) groups excluding carboxylic acids is 3. The van der Waals surface area contributed by atoms with Crippen molar-refractivity contribution in [3.63, 3.8) is 0 Å². The van der Waals surface area contributed by atoms with Gasteiger partial charge in [0.25, 0.3) is 0 Å². The van der Waals surface area contributed by atoms with E-state index in [0.29, 0.717) is 17.5 Å². The molecule has 0 saturated heterocycles. The minimum atomic E-state index is -1.10. The highest BCUT2D eigenvalue weighted by Crippen LogP contribution is 2.27. The summed E-state index contributed by atoms with van der Waals surface area (Å²) in [5.41, 5.74) is 2.11. The van der Waals surface area contributed by atoms with Gasteiger partial charge in [0.2, 0.25) is 0 Å². The molecule has 0 fully saturated rings. The molecular weight excluding hydrogens is 296 g/mol. The zero-order valence-electron chi connectivity index (χ0n) is 13.6. The molecule has 0 bridgehead atoms. The van der Waals surface area contributed by atoms with Gasteiger partial charge in [-0.15, -0.1) is 0 Å². The van der Waals surface area contributed by atoms with Crippen LogP contribution in [0.5, 0.6) is 0 Å². The normalized spacial score (nSPS) is 14.1. The first-order chi connectivity index (χ1) is 11.1. The number of Topliss-reactive ketones (excluding diaryl/α,β-unsaturated/α-hetero) is 1. The molecule has 0 unspecified atom stereocenters. The summed E-state index contributed by atoms with van der Waals surface area (Å²) in [6, 6.07) is 5.14. The average molecular weight is 318 g/mol. The molecule has 0 amide bonds. The van der Waals surface area contributed by atoms with Crippen molar-refractivity contribution >= 4 is 17.7 Å². The minimum Gasteiger partial charge on any atom is -0.465 e. The van der Waals surface area contributed by atoms with Gasteiger partial charge in [-0.3, -0.25) is 14.4 Å². The molecule has 0 saturated carbocycles. The Morgan fingerprint density at radius 2 is 1.65 bits per heavy atom. The molecule has 0 N–H and O–H groups in total. The Kier molecular flexibility index (Phi) is 5.90. The first-order valence-corrected chi connectivity index (χ1v) is 8.07. The van der Waals surface area contributed by atoms with Gasteiger partial charge >= 0.3 is 11.9 Å². The van der Waals surface area contributed by atoms with Gasteiger partial charge in [-0.1, -0.05) is 18.2 Å². The molecular formula is C18H22O5. The molecule has 0 heterocycles. The topological polar surface area (TPSA) is 69.7 Å². The number of benzene rings is 1. The molecule has 5 nitrogen and oxygen atoms in total. The third-order valence-corrected chi connectivity index (χ3v) is 3.91. The number of hydrogen-bond acceptors (Lipinski definition) is 5. The van der Waals surface area contributed by atoms with Crippen molar-refractivity contribution in [3.8, 4) is 0 Å². The van der Waals surface area contributed by atoms with Gasteiger partial charge in [-0.25, -0.2) is 0 Å². The number of ether oxygens (including phenoxy) is 2. The summed E-state index contributed by atoms with van der Waals surface area (Å²) in [4.78, 5) is 36.4. The summed E-state index contributed by atoms with van der Waals surface area (Å²) >= 11 is 0. The van der Waals surface area contributed by atoms with Gasteiger partial charge < -0.3 is 9.47 Å². The number of carbonyl (C=O) groups is 3. The summed E-state index contributed by atoms with van der Waals surface area (Å²) in [6.07, 6.45) is 3.10. The molecule has 0 aromatic heterocycles. The van der Waals surface area contributed by atoms with E-state index in [1.807, 2.05) is 0 Å². The maximum atomic E-state index is 12.2. The molecule has 23 heavy (non-hydrogen) atoms. The fourth-order valence-electron chi connectivity index (χ4n) is 2.83. The second-order valence-electron chi connectivity index (χ2n) is 5.48. The van der Waals surface area contributed by atoms with Crippen LogP contribution in [0.4, 0.5) is 0 Å². The lowest BCUT2D eigenvalue weighted by Gasteiger charge is -2.16. The quantitative estimate of drug-likeness (QED) is 0.474. The number of rotatable bonds is 5. The highest BCUT2D eigenvalue weighted by atomic mass is 16.6. The van der Waals surface area contributed by atoms with Crippen LogP contribution in [-0.4, -0.2) is 30.9 Å². The van der Waals surface area contributed by atoms with Gasteiger partial charge in [-0.05, 0) is 44.2 Å². The molecule has 0 atom stereocenters. The van der Waals surface area contributed by atoms with E-state index in [0.717, 1.165) is 24.8 Å². The van der Waals surface area contributed by atoms with E-state index in [1.165, 1.54) is 0 Å².